The fraction of sp³-hybridized carbons (Fsp3) is 0.431. The molecule has 2 atom stereocenters. The highest BCUT2D eigenvalue weighted by Gasteiger charge is 2.62. The monoisotopic (exact) mass is 2040 g/mol. The van der Waals surface area contributed by atoms with Crippen LogP contribution in [0.15, 0.2) is 220 Å². The molecule has 8 amide bonds. The summed E-state index contributed by atoms with van der Waals surface area (Å²) in [5.41, 5.74) is 0.903. The minimum Gasteiger partial charge on any atom is -0.490 e. The molecule has 32 heteroatoms. The van der Waals surface area contributed by atoms with Crippen molar-refractivity contribution in [2.24, 2.45) is 0 Å². The lowest BCUT2D eigenvalue weighted by Crippen LogP contribution is -2.53. The van der Waals surface area contributed by atoms with Crippen LogP contribution in [0.3, 0.4) is 0 Å². The second-order valence-corrected chi connectivity index (χ2v) is 41.0. The van der Waals surface area contributed by atoms with Crippen molar-refractivity contribution >= 4 is 82.6 Å². The van der Waals surface area contributed by atoms with Crippen molar-refractivity contribution in [1.82, 2.24) is 41.7 Å². The number of hydrogen-bond acceptors (Lipinski definition) is 24. The zero-order valence-electron chi connectivity index (χ0n) is 89.2. The van der Waals surface area contributed by atoms with E-state index in [-0.39, 0.29) is 65.9 Å². The van der Waals surface area contributed by atoms with E-state index in [1.54, 1.807) is 125 Å². The molecule has 0 aliphatic carbocycles. The summed E-state index contributed by atoms with van der Waals surface area (Å²) in [7, 11) is 0. The number of benzene rings is 8. The Kier molecular flexibility index (Phi) is 40.4. The number of hydrogen-bond donors (Lipinski definition) is 8. The Labute approximate surface area is 869 Å². The van der Waals surface area contributed by atoms with Gasteiger partial charge in [-0.1, -0.05) is 171 Å². The molecule has 2 heterocycles. The van der Waals surface area contributed by atoms with Crippen LogP contribution >= 0.6 is 0 Å². The predicted octanol–water partition coefficient (Wildman–Crippen LogP) is 22.3. The predicted molar refractivity (Wildman–Crippen MR) is 567 cm³/mol. The number of carbonyl (C=O) groups excluding carboxylic acids is 10. The number of ketones is 2. The number of carbonyl (C=O) groups is 10. The number of nitrogens with one attached hydrogen (secondary N) is 6. The lowest BCUT2D eigenvalue weighted by Gasteiger charge is -2.39. The van der Waals surface area contributed by atoms with E-state index in [0.29, 0.717) is 96.9 Å². The lowest BCUT2D eigenvalue weighted by molar-refractivity contribution is -0.150. The van der Waals surface area contributed by atoms with Crippen LogP contribution in [0, 0.1) is 0 Å². The maximum atomic E-state index is 13.3. The number of nitrogens with zero attached hydrogens (tertiary/aromatic N) is 2. The lowest BCUT2D eigenvalue weighted by atomic mass is 9.86. The second-order valence-electron chi connectivity index (χ2n) is 41.0. The van der Waals surface area contributed by atoms with Crippen LogP contribution in [0.5, 0.6) is 23.0 Å². The Morgan fingerprint density at radius 1 is 0.318 bits per heavy atom. The zero-order chi connectivity index (χ0) is 109. The van der Waals surface area contributed by atoms with Gasteiger partial charge in [-0.3, -0.25) is 19.4 Å². The molecule has 2 fully saturated rings. The number of cyclic esters (lactones) is 2. The molecule has 0 spiro atoms. The molecule has 0 radical (unpaired) electrons. The average Bonchev–Trinajstić information content (AvgIpc) is 1.58. The molecule has 10 rings (SSSR count). The quantitative estimate of drug-likeness (QED) is 0.00997. The van der Waals surface area contributed by atoms with Crippen LogP contribution in [0.2, 0.25) is 0 Å². The van der Waals surface area contributed by atoms with Gasteiger partial charge in [-0.05, 0) is 306 Å². The fourth-order valence-electron chi connectivity index (χ4n) is 16.6. The largest absolute Gasteiger partial charge is 0.490 e. The highest BCUT2D eigenvalue weighted by Crippen LogP contribution is 2.48. The molecule has 0 unspecified atom stereocenters. The summed E-state index contributed by atoms with van der Waals surface area (Å²) in [5.74, 6) is 1.06. The number of aliphatic hydroxyl groups is 2. The molecule has 8 aromatic rings. The van der Waals surface area contributed by atoms with Crippen LogP contribution in [-0.2, 0) is 71.5 Å². The molecule has 2 saturated heterocycles. The number of alkyl carbamates (subject to hydrolysis) is 6. The van der Waals surface area contributed by atoms with Crippen molar-refractivity contribution in [2.45, 2.75) is 246 Å². The number of unbranched alkanes of at least 4 members (excludes halogenated alkanes) is 6. The Balaban J connectivity index is 0.000000329. The number of ether oxygens (including phenoxy) is 12. The first-order valence-corrected chi connectivity index (χ1v) is 49.8. The molecule has 148 heavy (non-hydrogen) atoms. The molecule has 2 aliphatic heterocycles. The smallest absolute Gasteiger partial charge is 0.413 e. The Morgan fingerprint density at radius 3 is 0.797 bits per heavy atom. The highest BCUT2D eigenvalue weighted by atomic mass is 16.6. The first kappa shape index (κ1) is 117. The summed E-state index contributed by atoms with van der Waals surface area (Å²) in [6.07, 6.45) is -0.0638. The van der Waals surface area contributed by atoms with Gasteiger partial charge in [0.05, 0.1) is 22.2 Å². The van der Waals surface area contributed by atoms with E-state index in [1.807, 2.05) is 180 Å². The molecule has 796 valence electrons. The summed E-state index contributed by atoms with van der Waals surface area (Å²) in [6.45, 7) is 52.8. The van der Waals surface area contributed by atoms with Gasteiger partial charge in [0.25, 0.3) is 0 Å². The van der Waals surface area contributed by atoms with Gasteiger partial charge < -0.3 is 99.0 Å². The Morgan fingerprint density at radius 2 is 0.554 bits per heavy atom. The average molecular weight is 2040 g/mol. The van der Waals surface area contributed by atoms with E-state index in [4.69, 9.17) is 56.8 Å². The van der Waals surface area contributed by atoms with Gasteiger partial charge in [-0.15, -0.1) is 0 Å². The van der Waals surface area contributed by atoms with E-state index >= 15 is 0 Å². The van der Waals surface area contributed by atoms with E-state index in [0.717, 1.165) is 79.6 Å². The molecule has 32 nitrogen and oxygen atoms in total. The number of Topliss-reactive ketones (excluding diaryl/α,β-unsaturated/α-hetero) is 2. The Bertz CT molecular complexity index is 5640. The van der Waals surface area contributed by atoms with Crippen LogP contribution in [-0.4, -0.2) is 182 Å². The van der Waals surface area contributed by atoms with Gasteiger partial charge >= 0.3 is 48.7 Å². The summed E-state index contributed by atoms with van der Waals surface area (Å²) < 4.78 is 66.9. The summed E-state index contributed by atoms with van der Waals surface area (Å²) in [5, 5.41) is 41.4. The fourth-order valence-corrected chi connectivity index (χ4v) is 16.6. The molecule has 2 aliphatic rings. The van der Waals surface area contributed by atoms with Crippen molar-refractivity contribution in [2.75, 3.05) is 79.0 Å². The standard InChI is InChI=1S/2C58H74N4O12/c1-39(2)41-19-17-21-45(37-41)53(5,6)59-49(63)71-35-33-69-47-27-23-43(24-28-47)57(67)55(9,10)73-51(65)61(57)31-15-13-14-16-32-62-52(66)74-56(11,12)58(62,68)44-25-29-48(30-26-44)70-34-36-72-50(64)60-54(7,8)46-22-18-20-42(38-46)40(3)4;1-39(2)43-19-17-21-45(37-43)55(5,6)61-53(67)71-35-33-69-47-27-23-41(24-28-47)49(63)57(9,10)73-51(65)59-31-15-13-14-16-32-60-52(66)74-58(11,12)50(64)42-25-29-48(30-26-42)70-34-36-72-54(68)62-56(7,8)46-22-18-20-44(38-46)40(3)4/h17-30,37-38,67-68H,1,3,13-16,31-36H2,2,4-12H3,(H,59,63)(H,60,64);17-30,37-38H,1,3,13-16,31-36H2,2,4-12H3,(H,59,65)(H,60,66)(H,61,67)(H,62,68)/t57-,58-;/m1./s1. The third-order valence-electron chi connectivity index (χ3n) is 25.6. The van der Waals surface area contributed by atoms with Gasteiger partial charge in [0.2, 0.25) is 23.0 Å². The number of allylic oxidation sites excluding steroid dienone is 4. The normalized spacial score (nSPS) is 15.3. The maximum Gasteiger partial charge on any atom is 0.413 e. The molecule has 0 saturated carbocycles. The minimum absolute atomic E-state index is 0.00355. The van der Waals surface area contributed by atoms with E-state index < -0.39 is 116 Å². The molecular formula is C116H148N8O24. The molecule has 0 bridgehead atoms. The molecular weight excluding hydrogens is 1890 g/mol. The topological polar surface area (TPSA) is 401 Å². The van der Waals surface area contributed by atoms with Crippen molar-refractivity contribution in [3.63, 3.8) is 0 Å². The summed E-state index contributed by atoms with van der Waals surface area (Å²) in [4.78, 5) is 131. The highest BCUT2D eigenvalue weighted by molar-refractivity contribution is 6.04. The number of rotatable bonds is 50. The van der Waals surface area contributed by atoms with E-state index in [9.17, 15) is 58.2 Å². The van der Waals surface area contributed by atoms with Gasteiger partial charge in [0.15, 0.2) is 22.4 Å². The minimum atomic E-state index is -1.80. The van der Waals surface area contributed by atoms with Crippen molar-refractivity contribution in [3.05, 3.63) is 287 Å². The third-order valence-corrected chi connectivity index (χ3v) is 25.6. The van der Waals surface area contributed by atoms with Crippen LogP contribution in [0.1, 0.15) is 266 Å². The maximum absolute atomic E-state index is 13.3. The first-order chi connectivity index (χ1) is 69.5. The van der Waals surface area contributed by atoms with Gasteiger partial charge in [-0.25, -0.2) is 38.4 Å². The second kappa shape index (κ2) is 51.1. The van der Waals surface area contributed by atoms with Crippen molar-refractivity contribution < 1.29 is 115 Å². The SMILES string of the molecule is C=C(C)c1cccc(C(C)(C)NC(=O)OCCOc2ccc(C(=O)C(C)(C)OC(=O)NCCCCCCNC(=O)OC(C)(C)C(=O)c3ccc(OCCOC(=O)NC(C)(C)c4cccc(C(=C)C)c4)cc3)cc2)c1.C=C(C)c1cccc(C(C)(C)NC(=O)OCCOc2ccc([C@]3(O)N(CCCCCCN4C(=O)OC(C)(C)[C@]4(O)c4ccc(OCCOC(=O)NC(C)(C)c5cccc(C(=C)C)c5)cc4)C(=O)OC3(C)C)cc2)c1. The number of amides is 8. The Hall–Kier alpha value is -14.7. The van der Waals surface area contributed by atoms with Crippen LogP contribution in [0.4, 0.5) is 38.4 Å². The van der Waals surface area contributed by atoms with Crippen molar-refractivity contribution in [3.8, 4) is 23.0 Å². The summed E-state index contributed by atoms with van der Waals surface area (Å²) >= 11 is 0. The van der Waals surface area contributed by atoms with Crippen molar-refractivity contribution in [1.29, 1.82) is 0 Å². The van der Waals surface area contributed by atoms with Gasteiger partial charge in [0.1, 0.15) is 75.9 Å². The molecule has 8 N–H and O–H groups in total. The van der Waals surface area contributed by atoms with E-state index in [2.05, 4.69) is 58.2 Å². The molecule has 8 aromatic carbocycles. The van der Waals surface area contributed by atoms with Crippen LogP contribution < -0.4 is 50.8 Å². The zero-order valence-corrected chi connectivity index (χ0v) is 89.2. The van der Waals surface area contributed by atoms with Crippen LogP contribution in [0.25, 0.3) is 22.3 Å². The molecule has 0 aromatic heterocycles. The van der Waals surface area contributed by atoms with Gasteiger partial charge in [0, 0.05) is 48.4 Å². The first-order valence-electron chi connectivity index (χ1n) is 49.8. The third kappa shape index (κ3) is 32.2. The van der Waals surface area contributed by atoms with E-state index in [1.165, 1.54) is 37.5 Å². The summed E-state index contributed by atoms with van der Waals surface area (Å²) in [6, 6.07) is 57.3. The van der Waals surface area contributed by atoms with Gasteiger partial charge in [-0.2, -0.15) is 0 Å².